The smallest absolute Gasteiger partial charge is 0.335 e. The molecular formula is C23H18Br2N2O6. The van der Waals surface area contributed by atoms with E-state index in [1.165, 1.54) is 37.6 Å². The van der Waals surface area contributed by atoms with Gasteiger partial charge in [-0.1, -0.05) is 18.2 Å². The number of rotatable bonds is 8. The van der Waals surface area contributed by atoms with Crippen LogP contribution in [0.2, 0.25) is 0 Å². The lowest BCUT2D eigenvalue weighted by atomic mass is 10.1. The summed E-state index contributed by atoms with van der Waals surface area (Å²) in [7, 11) is 1.51. The highest BCUT2D eigenvalue weighted by Gasteiger charge is 2.13. The van der Waals surface area contributed by atoms with E-state index < -0.39 is 11.9 Å². The van der Waals surface area contributed by atoms with E-state index in [0.29, 0.717) is 26.0 Å². The molecule has 3 aromatic carbocycles. The molecule has 10 heteroatoms. The number of halogens is 2. The fraction of sp³-hybridized carbons (Fsp3) is 0.0870. The molecule has 1 amide bonds. The molecule has 3 N–H and O–H groups in total. The van der Waals surface area contributed by atoms with Gasteiger partial charge >= 0.3 is 5.97 Å². The van der Waals surface area contributed by atoms with Gasteiger partial charge in [-0.2, -0.15) is 5.10 Å². The second-order valence-electron chi connectivity index (χ2n) is 6.66. The number of carbonyl (C=O) groups is 2. The predicted molar refractivity (Wildman–Crippen MR) is 129 cm³/mol. The Bertz CT molecular complexity index is 1190. The summed E-state index contributed by atoms with van der Waals surface area (Å²) in [5.74, 6) is -0.601. The number of aromatic hydroxyl groups is 1. The predicted octanol–water partition coefficient (Wildman–Crippen LogP) is 4.97. The lowest BCUT2D eigenvalue weighted by Gasteiger charge is -2.13. The number of aromatic carboxylic acids is 1. The first-order valence-corrected chi connectivity index (χ1v) is 11.0. The third kappa shape index (κ3) is 6.11. The molecule has 0 bridgehead atoms. The van der Waals surface area contributed by atoms with Crippen LogP contribution in [0, 0.1) is 0 Å². The van der Waals surface area contributed by atoms with Crippen molar-refractivity contribution in [2.24, 2.45) is 5.10 Å². The number of phenols is 1. The van der Waals surface area contributed by atoms with Gasteiger partial charge in [0.2, 0.25) is 0 Å². The number of hydrogen-bond acceptors (Lipinski definition) is 6. The number of nitrogens with zero attached hydrogens (tertiary/aromatic N) is 1. The van der Waals surface area contributed by atoms with Crippen LogP contribution in [0.3, 0.4) is 0 Å². The maximum atomic E-state index is 12.4. The largest absolute Gasteiger partial charge is 0.506 e. The highest BCUT2D eigenvalue weighted by molar-refractivity contribution is 9.11. The van der Waals surface area contributed by atoms with Gasteiger partial charge in [0.25, 0.3) is 5.91 Å². The molecule has 0 aliphatic carbocycles. The second kappa shape index (κ2) is 11.0. The maximum absolute atomic E-state index is 12.4. The van der Waals surface area contributed by atoms with Crippen molar-refractivity contribution in [1.82, 2.24) is 5.43 Å². The highest BCUT2D eigenvalue weighted by Crippen LogP contribution is 2.33. The lowest BCUT2D eigenvalue weighted by Crippen LogP contribution is -2.17. The van der Waals surface area contributed by atoms with Crippen LogP contribution in [0.25, 0.3) is 0 Å². The summed E-state index contributed by atoms with van der Waals surface area (Å²) in [5.41, 5.74) is 4.24. The lowest BCUT2D eigenvalue weighted by molar-refractivity contribution is 0.0696. The molecule has 0 spiro atoms. The van der Waals surface area contributed by atoms with E-state index >= 15 is 0 Å². The van der Waals surface area contributed by atoms with Crippen LogP contribution >= 0.6 is 31.9 Å². The summed E-state index contributed by atoms with van der Waals surface area (Å²) in [6.07, 6.45) is 1.42. The summed E-state index contributed by atoms with van der Waals surface area (Å²) in [6.45, 7) is 0.170. The number of nitrogens with one attached hydrogen (secondary N) is 1. The topological polar surface area (TPSA) is 117 Å². The minimum atomic E-state index is -1.00. The van der Waals surface area contributed by atoms with Crippen LogP contribution in [0.4, 0.5) is 0 Å². The van der Waals surface area contributed by atoms with Gasteiger partial charge in [-0.05, 0) is 73.8 Å². The minimum Gasteiger partial charge on any atom is -0.506 e. The Morgan fingerprint density at radius 1 is 1.06 bits per heavy atom. The van der Waals surface area contributed by atoms with Gasteiger partial charge in [0.1, 0.15) is 12.4 Å². The number of carbonyl (C=O) groups excluding carboxylic acids is 1. The molecule has 33 heavy (non-hydrogen) atoms. The Morgan fingerprint density at radius 3 is 2.33 bits per heavy atom. The zero-order valence-corrected chi connectivity index (χ0v) is 20.4. The Labute approximate surface area is 206 Å². The standard InChI is InChI=1S/C23H18Br2N2O6/c1-32-19-4-2-3-15(21(19)33-12-13-5-7-14(8-6-13)23(30)31)11-26-27-22(29)16-9-17(24)20(28)18(25)10-16/h2-11,28H,12H2,1H3,(H,27,29)(H,30,31)/b26-11-. The number of para-hydroxylation sites is 1. The van der Waals surface area contributed by atoms with Crippen molar-refractivity contribution in [1.29, 1.82) is 0 Å². The van der Waals surface area contributed by atoms with Crippen molar-refractivity contribution in [3.05, 3.63) is 85.8 Å². The third-order valence-electron chi connectivity index (χ3n) is 4.46. The van der Waals surface area contributed by atoms with Crippen LogP contribution in [0.5, 0.6) is 17.2 Å². The molecule has 0 radical (unpaired) electrons. The van der Waals surface area contributed by atoms with Crippen molar-refractivity contribution >= 4 is 50.0 Å². The van der Waals surface area contributed by atoms with Crippen molar-refractivity contribution in [2.75, 3.05) is 7.11 Å². The van der Waals surface area contributed by atoms with Gasteiger partial charge in [-0.25, -0.2) is 10.2 Å². The Balaban J connectivity index is 1.74. The summed E-state index contributed by atoms with van der Waals surface area (Å²) in [6, 6.07) is 14.5. The van der Waals surface area contributed by atoms with Crippen molar-refractivity contribution in [3.63, 3.8) is 0 Å². The summed E-state index contributed by atoms with van der Waals surface area (Å²) < 4.78 is 12.0. The molecule has 170 valence electrons. The average Bonchev–Trinajstić information content (AvgIpc) is 2.81. The van der Waals surface area contributed by atoms with E-state index in [1.54, 1.807) is 30.3 Å². The fourth-order valence-electron chi connectivity index (χ4n) is 2.77. The zero-order chi connectivity index (χ0) is 24.0. The van der Waals surface area contributed by atoms with Crippen LogP contribution in [0.15, 0.2) is 68.6 Å². The molecule has 3 rings (SSSR count). The molecule has 3 aromatic rings. The van der Waals surface area contributed by atoms with Crippen LogP contribution in [0.1, 0.15) is 31.8 Å². The zero-order valence-electron chi connectivity index (χ0n) is 17.2. The summed E-state index contributed by atoms with van der Waals surface area (Å²) >= 11 is 6.37. The molecule has 0 aromatic heterocycles. The van der Waals surface area contributed by atoms with E-state index in [-0.39, 0.29) is 23.5 Å². The van der Waals surface area contributed by atoms with Gasteiger partial charge in [0.15, 0.2) is 11.5 Å². The van der Waals surface area contributed by atoms with Crippen molar-refractivity contribution in [2.45, 2.75) is 6.61 Å². The van der Waals surface area contributed by atoms with Crippen molar-refractivity contribution in [3.8, 4) is 17.2 Å². The fourth-order valence-corrected chi connectivity index (χ4v) is 3.96. The molecule has 0 aliphatic heterocycles. The van der Waals surface area contributed by atoms with E-state index in [0.717, 1.165) is 5.56 Å². The normalized spacial score (nSPS) is 10.8. The molecule has 0 saturated heterocycles. The number of methoxy groups -OCH3 is 1. The quantitative estimate of drug-likeness (QED) is 0.257. The Kier molecular flexibility index (Phi) is 8.07. The number of carboxylic acids is 1. The molecule has 0 heterocycles. The van der Waals surface area contributed by atoms with Gasteiger partial charge < -0.3 is 19.7 Å². The molecule has 0 aliphatic rings. The first-order chi connectivity index (χ1) is 15.8. The monoisotopic (exact) mass is 576 g/mol. The number of hydrogen-bond donors (Lipinski definition) is 3. The number of amides is 1. The summed E-state index contributed by atoms with van der Waals surface area (Å²) in [5, 5.41) is 22.8. The number of ether oxygens (including phenoxy) is 2. The second-order valence-corrected chi connectivity index (χ2v) is 8.37. The average molecular weight is 578 g/mol. The third-order valence-corrected chi connectivity index (χ3v) is 5.67. The first-order valence-electron chi connectivity index (χ1n) is 9.43. The number of phenolic OH excluding ortho intramolecular Hbond substituents is 1. The molecule has 0 unspecified atom stereocenters. The van der Waals surface area contributed by atoms with Crippen LogP contribution in [-0.4, -0.2) is 35.4 Å². The molecule has 0 atom stereocenters. The Hall–Kier alpha value is -3.37. The van der Waals surface area contributed by atoms with Gasteiger partial charge in [-0.3, -0.25) is 4.79 Å². The SMILES string of the molecule is COc1cccc(/C=N\NC(=O)c2cc(Br)c(O)c(Br)c2)c1OCc1ccc(C(=O)O)cc1. The van der Waals surface area contributed by atoms with Crippen molar-refractivity contribution < 1.29 is 29.3 Å². The maximum Gasteiger partial charge on any atom is 0.335 e. The van der Waals surface area contributed by atoms with Gasteiger partial charge in [0, 0.05) is 11.1 Å². The van der Waals surface area contributed by atoms with Gasteiger partial charge in [-0.15, -0.1) is 0 Å². The van der Waals surface area contributed by atoms with Crippen LogP contribution < -0.4 is 14.9 Å². The van der Waals surface area contributed by atoms with E-state index in [1.807, 2.05) is 0 Å². The van der Waals surface area contributed by atoms with E-state index in [2.05, 4.69) is 42.4 Å². The molecular weight excluding hydrogens is 560 g/mol. The number of hydrazone groups is 1. The minimum absolute atomic E-state index is 0.00850. The molecule has 8 nitrogen and oxygen atoms in total. The van der Waals surface area contributed by atoms with Gasteiger partial charge in [0.05, 0.1) is 27.8 Å². The Morgan fingerprint density at radius 2 is 1.73 bits per heavy atom. The molecule has 0 fully saturated rings. The summed E-state index contributed by atoms with van der Waals surface area (Å²) in [4.78, 5) is 23.4. The molecule has 0 saturated carbocycles. The van der Waals surface area contributed by atoms with E-state index in [9.17, 15) is 14.7 Å². The number of benzene rings is 3. The van der Waals surface area contributed by atoms with E-state index in [4.69, 9.17) is 14.6 Å². The number of carboxylic acid groups (broad SMARTS) is 1. The first kappa shape index (κ1) is 24.3. The van der Waals surface area contributed by atoms with Crippen LogP contribution in [-0.2, 0) is 6.61 Å². The highest BCUT2D eigenvalue weighted by atomic mass is 79.9.